The van der Waals surface area contributed by atoms with E-state index >= 15 is 0 Å². The lowest BCUT2D eigenvalue weighted by Crippen LogP contribution is -2.25. The van der Waals surface area contributed by atoms with Crippen molar-refractivity contribution in [3.63, 3.8) is 0 Å². The van der Waals surface area contributed by atoms with Crippen molar-refractivity contribution in [2.75, 3.05) is 19.6 Å². The van der Waals surface area contributed by atoms with E-state index in [-0.39, 0.29) is 0 Å². The van der Waals surface area contributed by atoms with Gasteiger partial charge >= 0.3 is 0 Å². The zero-order chi connectivity index (χ0) is 10.8. The van der Waals surface area contributed by atoms with Gasteiger partial charge in [-0.05, 0) is 19.5 Å². The zero-order valence-corrected chi connectivity index (χ0v) is 10.0. The van der Waals surface area contributed by atoms with Crippen molar-refractivity contribution in [3.8, 4) is 0 Å². The van der Waals surface area contributed by atoms with Crippen molar-refractivity contribution < 1.29 is 4.79 Å². The molecule has 0 spiro atoms. The van der Waals surface area contributed by atoms with Gasteiger partial charge in [-0.15, -0.1) is 0 Å². The summed E-state index contributed by atoms with van der Waals surface area (Å²) < 4.78 is 0. The summed E-state index contributed by atoms with van der Waals surface area (Å²) in [4.78, 5) is 13.7. The van der Waals surface area contributed by atoms with Gasteiger partial charge in [-0.25, -0.2) is 0 Å². The van der Waals surface area contributed by atoms with Crippen molar-refractivity contribution in [1.82, 2.24) is 4.90 Å². The van der Waals surface area contributed by atoms with Crippen LogP contribution in [0.5, 0.6) is 0 Å². The second-order valence-electron chi connectivity index (χ2n) is 3.77. The lowest BCUT2D eigenvalue weighted by atomic mass is 10.1. The van der Waals surface area contributed by atoms with Crippen molar-refractivity contribution in [2.45, 2.75) is 52.9 Å². The molecule has 14 heavy (non-hydrogen) atoms. The molecule has 0 atom stereocenters. The molecule has 0 radical (unpaired) electrons. The number of Topliss-reactive ketones (excluding diaryl/α,β-unsaturated/α-hetero) is 1. The number of carbonyl (C=O) groups is 1. The average Bonchev–Trinajstić information content (AvgIpc) is 2.20. The summed E-state index contributed by atoms with van der Waals surface area (Å²) in [6, 6.07) is 0. The standard InChI is InChI=1S/C12H25NO/c1-4-7-8-9-12(14)10-11-13(5-2)6-3/h4-11H2,1-3H3. The maximum Gasteiger partial charge on any atom is 0.134 e. The second-order valence-corrected chi connectivity index (χ2v) is 3.77. The molecule has 0 fully saturated rings. The topological polar surface area (TPSA) is 20.3 Å². The number of nitrogens with zero attached hydrogens (tertiary/aromatic N) is 1. The summed E-state index contributed by atoms with van der Waals surface area (Å²) in [6.07, 6.45) is 4.99. The van der Waals surface area contributed by atoms with Crippen LogP contribution in [0, 0.1) is 0 Å². The number of ketones is 1. The van der Waals surface area contributed by atoms with E-state index in [0.717, 1.165) is 38.9 Å². The molecule has 0 saturated carbocycles. The van der Waals surface area contributed by atoms with Gasteiger partial charge in [0.1, 0.15) is 5.78 Å². The van der Waals surface area contributed by atoms with E-state index in [4.69, 9.17) is 0 Å². The molecular formula is C12H25NO. The van der Waals surface area contributed by atoms with E-state index in [1.165, 1.54) is 12.8 Å². The number of hydrogen-bond donors (Lipinski definition) is 0. The lowest BCUT2D eigenvalue weighted by Gasteiger charge is -2.16. The quantitative estimate of drug-likeness (QED) is 0.532. The van der Waals surface area contributed by atoms with Crippen LogP contribution in [0.25, 0.3) is 0 Å². The summed E-state index contributed by atoms with van der Waals surface area (Å²) in [5.74, 6) is 0.436. The molecule has 0 heterocycles. The van der Waals surface area contributed by atoms with Gasteiger partial charge in [-0.3, -0.25) is 4.79 Å². The molecule has 0 rings (SSSR count). The van der Waals surface area contributed by atoms with Gasteiger partial charge < -0.3 is 4.90 Å². The Morgan fingerprint density at radius 2 is 1.64 bits per heavy atom. The molecule has 0 aromatic heterocycles. The SMILES string of the molecule is CCCCCC(=O)CCN(CC)CC. The molecule has 0 aliphatic carbocycles. The zero-order valence-electron chi connectivity index (χ0n) is 10.0. The maximum atomic E-state index is 11.4. The van der Waals surface area contributed by atoms with Gasteiger partial charge in [0.25, 0.3) is 0 Å². The Balaban J connectivity index is 3.42. The van der Waals surface area contributed by atoms with Gasteiger partial charge in [0.2, 0.25) is 0 Å². The van der Waals surface area contributed by atoms with Crippen LogP contribution in [0.15, 0.2) is 0 Å². The monoisotopic (exact) mass is 199 g/mol. The molecule has 0 saturated heterocycles. The first-order valence-corrected chi connectivity index (χ1v) is 5.98. The minimum absolute atomic E-state index is 0.436. The minimum atomic E-state index is 0.436. The third-order valence-electron chi connectivity index (χ3n) is 2.66. The fourth-order valence-corrected chi connectivity index (χ4v) is 1.52. The number of rotatable bonds is 9. The summed E-state index contributed by atoms with van der Waals surface area (Å²) >= 11 is 0. The highest BCUT2D eigenvalue weighted by atomic mass is 16.1. The Morgan fingerprint density at radius 1 is 1.00 bits per heavy atom. The molecular weight excluding hydrogens is 174 g/mol. The van der Waals surface area contributed by atoms with E-state index < -0.39 is 0 Å². The summed E-state index contributed by atoms with van der Waals surface area (Å²) in [5.41, 5.74) is 0. The van der Waals surface area contributed by atoms with Crippen LogP contribution < -0.4 is 0 Å². The van der Waals surface area contributed by atoms with Crippen LogP contribution in [0.3, 0.4) is 0 Å². The molecule has 0 bridgehead atoms. The normalized spacial score (nSPS) is 10.9. The first-order valence-electron chi connectivity index (χ1n) is 5.98. The number of hydrogen-bond acceptors (Lipinski definition) is 2. The van der Waals surface area contributed by atoms with E-state index in [1.54, 1.807) is 0 Å². The molecule has 0 aromatic carbocycles. The second kappa shape index (κ2) is 9.20. The molecule has 0 aromatic rings. The molecule has 2 heteroatoms. The summed E-state index contributed by atoms with van der Waals surface area (Å²) in [5, 5.41) is 0. The smallest absolute Gasteiger partial charge is 0.134 e. The predicted octanol–water partition coefficient (Wildman–Crippen LogP) is 2.87. The Hall–Kier alpha value is -0.370. The van der Waals surface area contributed by atoms with Crippen LogP contribution in [-0.4, -0.2) is 30.3 Å². The Kier molecular flexibility index (Phi) is 8.95. The fraction of sp³-hybridized carbons (Fsp3) is 0.917. The van der Waals surface area contributed by atoms with Crippen molar-refractivity contribution in [2.24, 2.45) is 0 Å². The number of unbranched alkanes of at least 4 members (excludes halogenated alkanes) is 2. The highest BCUT2D eigenvalue weighted by Gasteiger charge is 2.04. The van der Waals surface area contributed by atoms with Crippen molar-refractivity contribution in [1.29, 1.82) is 0 Å². The fourth-order valence-electron chi connectivity index (χ4n) is 1.52. The number of carbonyl (C=O) groups excluding carboxylic acids is 1. The third kappa shape index (κ3) is 7.07. The lowest BCUT2D eigenvalue weighted by molar-refractivity contribution is -0.119. The third-order valence-corrected chi connectivity index (χ3v) is 2.66. The van der Waals surface area contributed by atoms with Crippen molar-refractivity contribution >= 4 is 5.78 Å². The van der Waals surface area contributed by atoms with Crippen LogP contribution in [0.1, 0.15) is 52.9 Å². The molecule has 84 valence electrons. The molecule has 0 amide bonds. The van der Waals surface area contributed by atoms with E-state index in [1.807, 2.05) is 0 Å². The maximum absolute atomic E-state index is 11.4. The summed E-state index contributed by atoms with van der Waals surface area (Å²) in [6.45, 7) is 9.51. The molecule has 0 aliphatic heterocycles. The van der Waals surface area contributed by atoms with Gasteiger partial charge in [0, 0.05) is 19.4 Å². The molecule has 2 nitrogen and oxygen atoms in total. The summed E-state index contributed by atoms with van der Waals surface area (Å²) in [7, 11) is 0. The van der Waals surface area contributed by atoms with Crippen LogP contribution in [0.2, 0.25) is 0 Å². The predicted molar refractivity (Wildman–Crippen MR) is 61.6 cm³/mol. The Labute approximate surface area is 88.7 Å². The van der Waals surface area contributed by atoms with Crippen molar-refractivity contribution in [3.05, 3.63) is 0 Å². The van der Waals surface area contributed by atoms with Gasteiger partial charge in [0.05, 0.1) is 0 Å². The largest absolute Gasteiger partial charge is 0.303 e. The Morgan fingerprint density at radius 3 is 2.14 bits per heavy atom. The highest BCUT2D eigenvalue weighted by Crippen LogP contribution is 2.02. The molecule has 0 N–H and O–H groups in total. The minimum Gasteiger partial charge on any atom is -0.303 e. The van der Waals surface area contributed by atoms with Gasteiger partial charge in [0.15, 0.2) is 0 Å². The van der Waals surface area contributed by atoms with E-state index in [0.29, 0.717) is 5.78 Å². The Bertz CT molecular complexity index is 141. The van der Waals surface area contributed by atoms with Gasteiger partial charge in [-0.1, -0.05) is 33.6 Å². The molecule has 0 unspecified atom stereocenters. The highest BCUT2D eigenvalue weighted by molar-refractivity contribution is 5.78. The molecule has 0 aliphatic rings. The first kappa shape index (κ1) is 13.6. The van der Waals surface area contributed by atoms with Crippen LogP contribution >= 0.6 is 0 Å². The van der Waals surface area contributed by atoms with Crippen LogP contribution in [0.4, 0.5) is 0 Å². The van der Waals surface area contributed by atoms with E-state index in [9.17, 15) is 4.79 Å². The van der Waals surface area contributed by atoms with Crippen LogP contribution in [-0.2, 0) is 4.79 Å². The average molecular weight is 199 g/mol. The van der Waals surface area contributed by atoms with Gasteiger partial charge in [-0.2, -0.15) is 0 Å². The first-order chi connectivity index (χ1) is 6.74. The van der Waals surface area contributed by atoms with E-state index in [2.05, 4.69) is 25.7 Å².